The number of ether oxygens (including phenoxy) is 4. The van der Waals surface area contributed by atoms with Crippen LogP contribution in [-0.4, -0.2) is 195 Å². The predicted octanol–water partition coefficient (Wildman–Crippen LogP) is 10.6. The van der Waals surface area contributed by atoms with Crippen molar-refractivity contribution in [2.75, 3.05) is 65.0 Å². The number of phenols is 1. The molecule has 3 amide bonds. The molecule has 1 aliphatic carbocycles. The second kappa shape index (κ2) is 39.1. The molecule has 2 aromatic carbocycles. The molecule has 1 saturated carbocycles. The minimum absolute atomic E-state index is 0. The number of carbonyl (C=O) groups excluding carboxylic acids is 7. The molecule has 25 heteroatoms. The Morgan fingerprint density at radius 3 is 2.25 bits per heavy atom. The van der Waals surface area contributed by atoms with E-state index < -0.39 is 107 Å². The van der Waals surface area contributed by atoms with Crippen LogP contribution in [0.4, 0.5) is 14.6 Å². The van der Waals surface area contributed by atoms with Gasteiger partial charge in [-0.1, -0.05) is 89.4 Å². The highest BCUT2D eigenvalue weighted by Gasteiger charge is 2.57. The van der Waals surface area contributed by atoms with Crippen LogP contribution in [0.2, 0.25) is 5.02 Å². The van der Waals surface area contributed by atoms with Gasteiger partial charge < -0.3 is 64.5 Å². The Balaban J connectivity index is 0.0000149. The third-order valence-corrected chi connectivity index (χ3v) is 21.8. The van der Waals surface area contributed by atoms with E-state index in [9.17, 15) is 59.1 Å². The van der Waals surface area contributed by atoms with Crippen LogP contribution in [0.5, 0.6) is 5.75 Å². The van der Waals surface area contributed by atoms with E-state index in [0.29, 0.717) is 121 Å². The molecule has 4 aliphatic heterocycles. The van der Waals surface area contributed by atoms with Crippen LogP contribution in [0.25, 0.3) is 22.0 Å². The molecule has 22 nitrogen and oxygen atoms in total. The van der Waals surface area contributed by atoms with E-state index in [0.717, 1.165) is 35.8 Å². The Kier molecular flexibility index (Phi) is 31.7. The number of fused-ring (bicyclic) bond motifs is 4. The zero-order valence-corrected chi connectivity index (χ0v) is 61.1. The van der Waals surface area contributed by atoms with Gasteiger partial charge in [0.05, 0.1) is 35.0 Å². The number of benzene rings is 2. The number of piperidine rings is 1. The summed E-state index contributed by atoms with van der Waals surface area (Å²) in [6.07, 6.45) is 8.66. The number of esters is 1. The number of aromatic nitrogens is 2. The number of halogens is 3. The van der Waals surface area contributed by atoms with Gasteiger partial charge in [-0.2, -0.15) is 0 Å². The van der Waals surface area contributed by atoms with E-state index in [1.807, 2.05) is 30.9 Å². The number of aliphatic hydroxyl groups is 4. The van der Waals surface area contributed by atoms with Gasteiger partial charge in [0.25, 0.3) is 11.7 Å². The molecule has 6 N–H and O–H groups in total. The quantitative estimate of drug-likeness (QED) is 0.0160. The van der Waals surface area contributed by atoms with E-state index in [2.05, 4.69) is 16.9 Å². The number of aliphatic hydroxyl groups excluding tert-OH is 3. The van der Waals surface area contributed by atoms with Crippen molar-refractivity contribution in [3.05, 3.63) is 82.7 Å². The molecule has 3 saturated heterocycles. The maximum atomic E-state index is 16.7. The van der Waals surface area contributed by atoms with Crippen LogP contribution in [0.1, 0.15) is 183 Å². The summed E-state index contributed by atoms with van der Waals surface area (Å²) in [4.78, 5) is 111. The fraction of sp³-hybridized carbons (Fsp3) is 0.654. The average Bonchev–Trinajstić information content (AvgIpc) is 0.782. The monoisotopic (exact) mass is 1460 g/mol. The van der Waals surface area contributed by atoms with Crippen molar-refractivity contribution in [1.29, 1.82) is 0 Å². The highest BCUT2D eigenvalue weighted by atomic mass is 35.5. The minimum atomic E-state index is -2.60. The first kappa shape index (κ1) is 83.6. The molecular weight excluding hydrogens is 1350 g/mol. The van der Waals surface area contributed by atoms with Gasteiger partial charge in [-0.05, 0) is 145 Å². The fourth-order valence-corrected chi connectivity index (χ4v) is 15.8. The van der Waals surface area contributed by atoms with Crippen molar-refractivity contribution >= 4 is 69.4 Å². The molecule has 0 radical (unpaired) electrons. The van der Waals surface area contributed by atoms with E-state index in [-0.39, 0.29) is 134 Å². The number of rotatable bonds is 24. The van der Waals surface area contributed by atoms with Crippen LogP contribution < -0.4 is 10.2 Å². The highest BCUT2D eigenvalue weighted by molar-refractivity contribution is 6.39. The molecular formula is C78H111ClF2N6O16. The molecule has 4 fully saturated rings. The Morgan fingerprint density at radius 1 is 0.854 bits per heavy atom. The number of anilines is 1. The van der Waals surface area contributed by atoms with E-state index in [4.69, 9.17) is 35.5 Å². The molecule has 14 atom stereocenters. The van der Waals surface area contributed by atoms with Gasteiger partial charge in [-0.25, -0.2) is 23.5 Å². The van der Waals surface area contributed by atoms with Crippen LogP contribution in [0, 0.1) is 47.1 Å². The Bertz CT molecular complexity index is 3490. The molecule has 0 unspecified atom stereocenters. The van der Waals surface area contributed by atoms with Gasteiger partial charge >= 0.3 is 5.97 Å². The number of carbonyl (C=O) groups is 7. The lowest BCUT2D eigenvalue weighted by molar-refractivity contribution is -0.302. The second-order valence-electron chi connectivity index (χ2n) is 29.1. The summed E-state index contributed by atoms with van der Waals surface area (Å²) in [6, 6.07) is 3.85. The van der Waals surface area contributed by atoms with Gasteiger partial charge in [-0.15, -0.1) is 0 Å². The van der Waals surface area contributed by atoms with Crippen molar-refractivity contribution in [3.63, 3.8) is 0 Å². The maximum Gasteiger partial charge on any atom is 0.329 e. The number of hydrogen-bond donors (Lipinski definition) is 6. The Morgan fingerprint density at radius 2 is 1.55 bits per heavy atom. The zero-order valence-electron chi connectivity index (χ0n) is 60.4. The third kappa shape index (κ3) is 21.3. The minimum Gasteiger partial charge on any atom is -0.507 e. The smallest absolute Gasteiger partial charge is 0.329 e. The van der Waals surface area contributed by atoms with Crippen LogP contribution in [0.3, 0.4) is 0 Å². The van der Waals surface area contributed by atoms with Crippen LogP contribution in [-0.2, 0) is 58.9 Å². The third-order valence-electron chi connectivity index (χ3n) is 21.5. The molecule has 103 heavy (non-hydrogen) atoms. The topological polar surface area (TPSA) is 305 Å². The van der Waals surface area contributed by atoms with Crippen molar-refractivity contribution < 1.29 is 86.8 Å². The summed E-state index contributed by atoms with van der Waals surface area (Å²) in [7, 11) is 2.99. The van der Waals surface area contributed by atoms with Gasteiger partial charge in [0.15, 0.2) is 5.82 Å². The average molecular weight is 1460 g/mol. The summed E-state index contributed by atoms with van der Waals surface area (Å²) in [6.45, 7) is 14.2. The number of amides is 3. The number of nitrogens with zero attached hydrogens (tertiary/aromatic N) is 5. The standard InChI is InChI=1S/C77H107ClF2N6O16.CH4/c1-9-66(94)84-32-34-85(35-33-84)74-54-42-55(78)67(68-56(79)23-19-25-59(68)90)69(80)70(54)82-64(83-74)26-18-22-53(88)21-13-11-10-12-15-30-81-65(93)27-17-20-51-37-45(2)36-46(3)38-62(99-7)72-63(100-8)40-48(5)77(98,102-72)73(95)75(96)86-31-16-14-24-57(86)76(97)101-71(49(6)60(91)43-61(51)92)47(4)39-50-28-29-58(89)52(41-50)44-87;/h9,19,23,25,37,39,42,46,48-52,57-58,60,62-63,71-72,87,89-91,98H,1,10-18,20-22,24,26-36,38,40-41,43-44H2,2-8H3,(H,81,93);1H4/b45-37+,47-39+;/t46-,48+,49+,50-,51+,52-,57-,58+,60-,62-,63-,71+,72+,77+;/m0./s1. The number of allylic oxidation sites excluding steroid dienone is 3. The predicted molar refractivity (Wildman–Crippen MR) is 387 cm³/mol. The van der Waals surface area contributed by atoms with Gasteiger partial charge in [0.1, 0.15) is 58.5 Å². The number of piperazine rings is 1. The molecule has 0 spiro atoms. The van der Waals surface area contributed by atoms with Gasteiger partial charge in [-0.3, -0.25) is 28.8 Å². The molecule has 3 aromatic rings. The number of phenolic OH excluding ortho intramolecular Hbond substituents is 1. The molecule has 5 aliphatic rings. The molecule has 2 bridgehead atoms. The van der Waals surface area contributed by atoms with Gasteiger partial charge in [0.2, 0.25) is 17.6 Å². The van der Waals surface area contributed by atoms with E-state index in [1.165, 1.54) is 38.5 Å². The van der Waals surface area contributed by atoms with E-state index >= 15 is 8.78 Å². The van der Waals surface area contributed by atoms with Crippen molar-refractivity contribution in [1.82, 2.24) is 25.1 Å². The van der Waals surface area contributed by atoms with Crippen molar-refractivity contribution in [3.8, 4) is 16.9 Å². The summed E-state index contributed by atoms with van der Waals surface area (Å²) in [5.74, 6) is -11.1. The van der Waals surface area contributed by atoms with Crippen molar-refractivity contribution in [2.45, 2.75) is 232 Å². The van der Waals surface area contributed by atoms with Crippen molar-refractivity contribution in [2.24, 2.45) is 35.5 Å². The molecule has 570 valence electrons. The number of cyclic esters (lactones) is 1. The largest absolute Gasteiger partial charge is 0.507 e. The SMILES string of the molecule is C.C=CC(=O)N1CCN(c2nc(CCCC(=O)CCCCCCCNC(=O)CCC[C@@H]3/C=C(\C)C[C@H](C)C[C@H](OC)[C@H]4O[C@@](O)(C(=O)C(=O)N5CCCC[C@H]5C(=O)O[C@H](/C(C)=C/[C@@H]5CC[C@@H](O)[C@H](CO)C5)[C@H](C)[C@@H](O)CC3=O)[C@H](C)C[C@@H]4OC)nc3c(F)c(-c4c(O)cccc4F)c(Cl)cc23)CC1. The number of Topliss-reactive ketones (excluding diaryl/α,β-unsaturated/α-hetero) is 3. The van der Waals surface area contributed by atoms with Crippen LogP contribution >= 0.6 is 11.6 Å². The van der Waals surface area contributed by atoms with Gasteiger partial charge in [0, 0.05) is 127 Å². The normalized spacial score (nSPS) is 28.7. The zero-order chi connectivity index (χ0) is 74.1. The fourth-order valence-electron chi connectivity index (χ4n) is 15.6. The summed E-state index contributed by atoms with van der Waals surface area (Å²) in [5.41, 5.74) is 0.555. The number of methoxy groups -OCH3 is 2. The number of aromatic hydroxyl groups is 1. The number of nitrogens with one attached hydrogen (secondary N) is 1. The van der Waals surface area contributed by atoms with E-state index in [1.54, 1.807) is 25.7 Å². The Hall–Kier alpha value is -6.64. The Labute approximate surface area is 610 Å². The molecule has 1 aromatic heterocycles. The summed E-state index contributed by atoms with van der Waals surface area (Å²) < 4.78 is 56.4. The number of aryl methyl sites for hydroxylation is 1. The molecule has 8 rings (SSSR count). The first-order chi connectivity index (χ1) is 48.7. The maximum absolute atomic E-state index is 16.7. The first-order valence-electron chi connectivity index (χ1n) is 36.7. The second-order valence-corrected chi connectivity index (χ2v) is 29.5. The number of unbranched alkanes of at least 4 members (excludes halogenated alkanes) is 4. The number of ketones is 3. The van der Waals surface area contributed by atoms with Crippen LogP contribution in [0.15, 0.2) is 60.2 Å². The summed E-state index contributed by atoms with van der Waals surface area (Å²) >= 11 is 6.64. The summed E-state index contributed by atoms with van der Waals surface area (Å²) in [5, 5.41) is 58.8. The molecule has 5 heterocycles. The highest BCUT2D eigenvalue weighted by Crippen LogP contribution is 2.44. The number of hydrogen-bond acceptors (Lipinski definition) is 19. The lowest BCUT2D eigenvalue weighted by atomic mass is 9.78. The lowest BCUT2D eigenvalue weighted by Crippen LogP contribution is -2.64. The first-order valence-corrected chi connectivity index (χ1v) is 37.1. The lowest BCUT2D eigenvalue weighted by Gasteiger charge is -2.47.